The number of aryl methyl sites for hydroxylation is 1. The van der Waals surface area contributed by atoms with Gasteiger partial charge in [-0.25, -0.2) is 0 Å². The summed E-state index contributed by atoms with van der Waals surface area (Å²) in [5.41, 5.74) is 2.34. The van der Waals surface area contributed by atoms with Gasteiger partial charge in [0, 0.05) is 17.8 Å². The quantitative estimate of drug-likeness (QED) is 0.669. The van der Waals surface area contributed by atoms with Gasteiger partial charge in [-0.3, -0.25) is 4.99 Å². The summed E-state index contributed by atoms with van der Waals surface area (Å²) in [7, 11) is 0. The first kappa shape index (κ1) is 13.2. The second kappa shape index (κ2) is 6.70. The molecule has 0 spiro atoms. The van der Waals surface area contributed by atoms with E-state index in [1.165, 1.54) is 18.4 Å². The molecule has 0 fully saturated rings. The zero-order valence-corrected chi connectivity index (χ0v) is 11.1. The minimum atomic E-state index is 0.712. The van der Waals surface area contributed by atoms with E-state index < -0.39 is 0 Å². The lowest BCUT2D eigenvalue weighted by atomic mass is 10.0. The monoisotopic (exact) mass is 237 g/mol. The SMILES string of the molecule is CCC(CC)C/N=C\c1ccc(Cl)cc1C. The molecule has 88 valence electrons. The molecular weight excluding hydrogens is 218 g/mol. The number of halogens is 1. The maximum Gasteiger partial charge on any atom is 0.0417 e. The van der Waals surface area contributed by atoms with Gasteiger partial charge in [-0.15, -0.1) is 0 Å². The summed E-state index contributed by atoms with van der Waals surface area (Å²) >= 11 is 5.90. The highest BCUT2D eigenvalue weighted by Crippen LogP contribution is 2.14. The Balaban J connectivity index is 2.62. The summed E-state index contributed by atoms with van der Waals surface area (Å²) in [5, 5.41) is 0.787. The minimum Gasteiger partial charge on any atom is -0.292 e. The number of hydrogen-bond acceptors (Lipinski definition) is 1. The highest BCUT2D eigenvalue weighted by Gasteiger charge is 2.01. The van der Waals surface area contributed by atoms with Crippen molar-refractivity contribution in [2.24, 2.45) is 10.9 Å². The summed E-state index contributed by atoms with van der Waals surface area (Å²) in [6.45, 7) is 7.42. The molecule has 0 aliphatic heterocycles. The van der Waals surface area contributed by atoms with Crippen molar-refractivity contribution in [1.82, 2.24) is 0 Å². The molecule has 1 rings (SSSR count). The molecule has 1 aromatic carbocycles. The Kier molecular flexibility index (Phi) is 5.54. The highest BCUT2D eigenvalue weighted by molar-refractivity contribution is 6.30. The van der Waals surface area contributed by atoms with Crippen molar-refractivity contribution in [3.63, 3.8) is 0 Å². The van der Waals surface area contributed by atoms with Crippen molar-refractivity contribution in [3.05, 3.63) is 34.3 Å². The van der Waals surface area contributed by atoms with Crippen LogP contribution in [0.4, 0.5) is 0 Å². The molecule has 0 aromatic heterocycles. The van der Waals surface area contributed by atoms with E-state index in [2.05, 4.69) is 25.8 Å². The Bertz CT molecular complexity index is 354. The van der Waals surface area contributed by atoms with Crippen LogP contribution in [0.1, 0.15) is 37.8 Å². The average Bonchev–Trinajstić information content (AvgIpc) is 2.27. The van der Waals surface area contributed by atoms with Crippen LogP contribution in [0.15, 0.2) is 23.2 Å². The van der Waals surface area contributed by atoms with Crippen LogP contribution in [-0.2, 0) is 0 Å². The van der Waals surface area contributed by atoms with Crippen LogP contribution in [0.3, 0.4) is 0 Å². The molecule has 0 unspecified atom stereocenters. The van der Waals surface area contributed by atoms with Gasteiger partial charge in [0.1, 0.15) is 0 Å². The van der Waals surface area contributed by atoms with Crippen molar-refractivity contribution in [2.45, 2.75) is 33.6 Å². The van der Waals surface area contributed by atoms with Crippen molar-refractivity contribution < 1.29 is 0 Å². The lowest BCUT2D eigenvalue weighted by Gasteiger charge is -2.07. The van der Waals surface area contributed by atoms with Gasteiger partial charge >= 0.3 is 0 Å². The molecule has 16 heavy (non-hydrogen) atoms. The normalized spacial score (nSPS) is 11.6. The summed E-state index contributed by atoms with van der Waals surface area (Å²) < 4.78 is 0. The van der Waals surface area contributed by atoms with Gasteiger partial charge in [0.2, 0.25) is 0 Å². The molecule has 0 aliphatic carbocycles. The van der Waals surface area contributed by atoms with Crippen LogP contribution in [-0.4, -0.2) is 12.8 Å². The molecule has 1 aromatic rings. The fraction of sp³-hybridized carbons (Fsp3) is 0.500. The molecule has 0 N–H and O–H groups in total. The van der Waals surface area contributed by atoms with Crippen LogP contribution in [0.5, 0.6) is 0 Å². The van der Waals surface area contributed by atoms with Crippen molar-refractivity contribution in [2.75, 3.05) is 6.54 Å². The highest BCUT2D eigenvalue weighted by atomic mass is 35.5. The Hall–Kier alpha value is -0.820. The van der Waals surface area contributed by atoms with Gasteiger partial charge in [-0.05, 0) is 36.1 Å². The molecule has 0 heterocycles. The van der Waals surface area contributed by atoms with Gasteiger partial charge < -0.3 is 0 Å². The van der Waals surface area contributed by atoms with Gasteiger partial charge in [0.15, 0.2) is 0 Å². The second-order valence-corrected chi connectivity index (χ2v) is 4.61. The van der Waals surface area contributed by atoms with E-state index >= 15 is 0 Å². The minimum absolute atomic E-state index is 0.712. The summed E-state index contributed by atoms with van der Waals surface area (Å²) in [6.07, 6.45) is 4.37. The Morgan fingerprint density at radius 1 is 1.31 bits per heavy atom. The van der Waals surface area contributed by atoms with Crippen LogP contribution in [0, 0.1) is 12.8 Å². The van der Waals surface area contributed by atoms with E-state index in [0.29, 0.717) is 5.92 Å². The van der Waals surface area contributed by atoms with Gasteiger partial charge in [-0.1, -0.05) is 44.4 Å². The van der Waals surface area contributed by atoms with E-state index in [0.717, 1.165) is 17.1 Å². The molecule has 0 aliphatic rings. The summed E-state index contributed by atoms with van der Waals surface area (Å²) in [6, 6.07) is 5.90. The number of rotatable bonds is 5. The standard InChI is InChI=1S/C14H20ClN/c1-4-12(5-2)9-16-10-13-6-7-14(15)8-11(13)3/h6-8,10,12H,4-5,9H2,1-3H3/b16-10-. The van der Waals surface area contributed by atoms with E-state index in [1.54, 1.807) is 0 Å². The van der Waals surface area contributed by atoms with Gasteiger partial charge in [0.25, 0.3) is 0 Å². The Labute approximate surface area is 104 Å². The average molecular weight is 238 g/mol. The maximum absolute atomic E-state index is 5.90. The summed E-state index contributed by atoms with van der Waals surface area (Å²) in [4.78, 5) is 4.51. The number of nitrogens with zero attached hydrogens (tertiary/aromatic N) is 1. The molecule has 0 atom stereocenters. The largest absolute Gasteiger partial charge is 0.292 e. The van der Waals surface area contributed by atoms with E-state index in [4.69, 9.17) is 11.6 Å². The lowest BCUT2D eigenvalue weighted by molar-refractivity contribution is 0.507. The molecule has 1 nitrogen and oxygen atoms in total. The zero-order valence-electron chi connectivity index (χ0n) is 10.3. The molecule has 0 radical (unpaired) electrons. The van der Waals surface area contributed by atoms with E-state index in [9.17, 15) is 0 Å². The molecule has 2 heteroatoms. The van der Waals surface area contributed by atoms with Crippen LogP contribution in [0.25, 0.3) is 0 Å². The summed E-state index contributed by atoms with van der Waals surface area (Å²) in [5.74, 6) is 0.712. The second-order valence-electron chi connectivity index (χ2n) is 4.18. The van der Waals surface area contributed by atoms with Crippen molar-refractivity contribution in [3.8, 4) is 0 Å². The first-order chi connectivity index (χ1) is 7.67. The smallest absolute Gasteiger partial charge is 0.0417 e. The third-order valence-corrected chi connectivity index (χ3v) is 3.22. The number of hydrogen-bond donors (Lipinski definition) is 0. The molecule has 0 saturated heterocycles. The van der Waals surface area contributed by atoms with E-state index in [-0.39, 0.29) is 0 Å². The molecule has 0 bridgehead atoms. The molecule has 0 saturated carbocycles. The van der Waals surface area contributed by atoms with Crippen LogP contribution >= 0.6 is 11.6 Å². The molecule has 0 amide bonds. The van der Waals surface area contributed by atoms with E-state index in [1.807, 2.05) is 24.4 Å². The van der Waals surface area contributed by atoms with Crippen LogP contribution in [0.2, 0.25) is 5.02 Å². The predicted molar refractivity (Wildman–Crippen MR) is 72.7 cm³/mol. The first-order valence-electron chi connectivity index (χ1n) is 5.93. The van der Waals surface area contributed by atoms with Gasteiger partial charge in [0.05, 0.1) is 0 Å². The third kappa shape index (κ3) is 3.97. The topological polar surface area (TPSA) is 12.4 Å². The molecular formula is C14H20ClN. The lowest BCUT2D eigenvalue weighted by Crippen LogP contribution is -2.01. The van der Waals surface area contributed by atoms with Crippen molar-refractivity contribution >= 4 is 17.8 Å². The zero-order chi connectivity index (χ0) is 12.0. The maximum atomic E-state index is 5.90. The Morgan fingerprint density at radius 2 is 2.00 bits per heavy atom. The van der Waals surface area contributed by atoms with Crippen LogP contribution < -0.4 is 0 Å². The third-order valence-electron chi connectivity index (χ3n) is 2.98. The predicted octanol–water partition coefficient (Wildman–Crippen LogP) is 4.50. The number of aliphatic imine (C=N–C) groups is 1. The fourth-order valence-corrected chi connectivity index (χ4v) is 1.86. The fourth-order valence-electron chi connectivity index (χ4n) is 1.63. The Morgan fingerprint density at radius 3 is 2.56 bits per heavy atom. The van der Waals surface area contributed by atoms with Crippen molar-refractivity contribution in [1.29, 1.82) is 0 Å². The first-order valence-corrected chi connectivity index (χ1v) is 6.31. The van der Waals surface area contributed by atoms with Gasteiger partial charge in [-0.2, -0.15) is 0 Å². The number of benzene rings is 1.